The van der Waals surface area contributed by atoms with E-state index >= 15 is 0 Å². The number of amides is 1. The van der Waals surface area contributed by atoms with E-state index in [9.17, 15) is 4.79 Å². The molecule has 2 bridgehead atoms. The molecule has 2 aliphatic heterocycles. The van der Waals surface area contributed by atoms with Crippen molar-refractivity contribution in [3.05, 3.63) is 42.2 Å². The molecule has 2 aliphatic rings. The number of anilines is 1. The van der Waals surface area contributed by atoms with Gasteiger partial charge >= 0.3 is 0 Å². The van der Waals surface area contributed by atoms with Crippen LogP contribution in [0.2, 0.25) is 0 Å². The summed E-state index contributed by atoms with van der Waals surface area (Å²) < 4.78 is 5.84. The minimum Gasteiger partial charge on any atom is -0.451 e. The third-order valence-corrected chi connectivity index (χ3v) is 5.01. The summed E-state index contributed by atoms with van der Waals surface area (Å²) >= 11 is 0. The van der Waals surface area contributed by atoms with Crippen molar-refractivity contribution in [3.63, 3.8) is 0 Å². The lowest BCUT2D eigenvalue weighted by Crippen LogP contribution is -2.42. The molecule has 0 spiro atoms. The maximum atomic E-state index is 12.5. The number of para-hydroxylation sites is 1. The third kappa shape index (κ3) is 2.80. The molecular formula is C19H23N3O2. The lowest BCUT2D eigenvalue weighted by Gasteiger charge is -2.20. The van der Waals surface area contributed by atoms with Crippen LogP contribution in [0, 0.1) is 0 Å². The smallest absolute Gasteiger partial charge is 0.287 e. The number of hydrogen-bond donors (Lipinski definition) is 3. The number of benzene rings is 1. The lowest BCUT2D eigenvalue weighted by atomic mass is 9.95. The maximum Gasteiger partial charge on any atom is 0.287 e. The van der Waals surface area contributed by atoms with E-state index in [1.54, 1.807) is 6.07 Å². The average molecular weight is 325 g/mol. The largest absolute Gasteiger partial charge is 0.451 e. The quantitative estimate of drug-likeness (QED) is 0.790. The molecule has 126 valence electrons. The van der Waals surface area contributed by atoms with Crippen LogP contribution in [0.4, 0.5) is 5.69 Å². The fourth-order valence-corrected chi connectivity index (χ4v) is 3.87. The minimum atomic E-state index is -0.124. The van der Waals surface area contributed by atoms with Crippen LogP contribution >= 0.6 is 0 Å². The van der Waals surface area contributed by atoms with Gasteiger partial charge in [-0.2, -0.15) is 0 Å². The van der Waals surface area contributed by atoms with Gasteiger partial charge in [-0.05, 0) is 50.5 Å². The predicted molar refractivity (Wildman–Crippen MR) is 94.1 cm³/mol. The number of rotatable bonds is 5. The first-order valence-electron chi connectivity index (χ1n) is 8.74. The Bertz CT molecular complexity index is 740. The zero-order chi connectivity index (χ0) is 16.5. The molecule has 1 aromatic heterocycles. The summed E-state index contributed by atoms with van der Waals surface area (Å²) in [6, 6.07) is 12.8. The molecule has 4 rings (SSSR count). The summed E-state index contributed by atoms with van der Waals surface area (Å²) in [5.74, 6) is 0.961. The van der Waals surface area contributed by atoms with Gasteiger partial charge in [0.05, 0.1) is 0 Å². The molecule has 2 saturated heterocycles. The van der Waals surface area contributed by atoms with E-state index in [-0.39, 0.29) is 11.9 Å². The summed E-state index contributed by atoms with van der Waals surface area (Å²) in [5, 5.41) is 9.98. The molecule has 3 heterocycles. The second-order valence-corrected chi connectivity index (χ2v) is 6.60. The van der Waals surface area contributed by atoms with Crippen molar-refractivity contribution in [1.29, 1.82) is 0 Å². The third-order valence-electron chi connectivity index (χ3n) is 5.01. The van der Waals surface area contributed by atoms with Gasteiger partial charge in [0.25, 0.3) is 5.91 Å². The first-order chi connectivity index (χ1) is 11.7. The number of nitrogens with one attached hydrogen (secondary N) is 3. The molecule has 2 fully saturated rings. The van der Waals surface area contributed by atoms with Crippen LogP contribution in [0.3, 0.4) is 0 Å². The molecule has 1 amide bonds. The van der Waals surface area contributed by atoms with E-state index in [1.165, 1.54) is 6.42 Å². The molecule has 3 atom stereocenters. The van der Waals surface area contributed by atoms with Gasteiger partial charge in [0.15, 0.2) is 5.76 Å². The monoisotopic (exact) mass is 325 g/mol. The van der Waals surface area contributed by atoms with Crippen LogP contribution in [-0.4, -0.2) is 30.6 Å². The van der Waals surface area contributed by atoms with Crippen molar-refractivity contribution in [2.75, 3.05) is 11.9 Å². The van der Waals surface area contributed by atoms with E-state index in [1.807, 2.05) is 30.3 Å². The minimum absolute atomic E-state index is 0.124. The highest BCUT2D eigenvalue weighted by Crippen LogP contribution is 2.31. The Morgan fingerprint density at radius 1 is 1.25 bits per heavy atom. The normalized spacial score (nSPS) is 25.0. The highest BCUT2D eigenvalue weighted by atomic mass is 16.3. The zero-order valence-corrected chi connectivity index (χ0v) is 13.8. The van der Waals surface area contributed by atoms with Crippen molar-refractivity contribution >= 4 is 11.6 Å². The van der Waals surface area contributed by atoms with Crippen molar-refractivity contribution in [2.24, 2.45) is 0 Å². The molecule has 0 aliphatic carbocycles. The standard InChI is InChI=1S/C19H23N3O2/c1-2-20-14-6-4-3-5-13(14)17-9-10-18(24-17)19(23)22-16-11-12-7-8-15(16)21-12/h3-6,9-10,12,15-16,20-21H,2,7-8,11H2,1H3,(H,22,23). The molecule has 2 aromatic rings. The number of furan rings is 1. The number of carbonyl (C=O) groups is 1. The second-order valence-electron chi connectivity index (χ2n) is 6.60. The van der Waals surface area contributed by atoms with Crippen LogP contribution in [0.5, 0.6) is 0 Å². The Kier molecular flexibility index (Phi) is 4.02. The zero-order valence-electron chi connectivity index (χ0n) is 13.8. The van der Waals surface area contributed by atoms with Crippen LogP contribution in [0.15, 0.2) is 40.8 Å². The van der Waals surface area contributed by atoms with E-state index in [0.717, 1.165) is 30.6 Å². The lowest BCUT2D eigenvalue weighted by molar-refractivity contribution is 0.0903. The Morgan fingerprint density at radius 2 is 2.12 bits per heavy atom. The molecule has 5 heteroatoms. The van der Waals surface area contributed by atoms with Gasteiger partial charge in [-0.15, -0.1) is 0 Å². The van der Waals surface area contributed by atoms with Crippen LogP contribution in [0.25, 0.3) is 11.3 Å². The Hall–Kier alpha value is -2.27. The van der Waals surface area contributed by atoms with E-state index < -0.39 is 0 Å². The molecule has 1 aromatic carbocycles. The fraction of sp³-hybridized carbons (Fsp3) is 0.421. The molecule has 24 heavy (non-hydrogen) atoms. The average Bonchev–Trinajstić information content (AvgIpc) is 3.32. The highest BCUT2D eigenvalue weighted by Gasteiger charge is 2.39. The number of hydrogen-bond acceptors (Lipinski definition) is 4. The van der Waals surface area contributed by atoms with E-state index in [0.29, 0.717) is 23.6 Å². The first kappa shape index (κ1) is 15.3. The fourth-order valence-electron chi connectivity index (χ4n) is 3.87. The molecule has 0 saturated carbocycles. The van der Waals surface area contributed by atoms with Gasteiger partial charge in [-0.1, -0.05) is 12.1 Å². The second kappa shape index (κ2) is 6.32. The van der Waals surface area contributed by atoms with Crippen LogP contribution in [-0.2, 0) is 0 Å². The van der Waals surface area contributed by atoms with Gasteiger partial charge in [-0.3, -0.25) is 4.79 Å². The van der Waals surface area contributed by atoms with Crippen molar-refractivity contribution in [1.82, 2.24) is 10.6 Å². The Balaban J connectivity index is 1.49. The number of fused-ring (bicyclic) bond motifs is 2. The Morgan fingerprint density at radius 3 is 2.88 bits per heavy atom. The number of carbonyl (C=O) groups excluding carboxylic acids is 1. The van der Waals surface area contributed by atoms with Gasteiger partial charge in [0.2, 0.25) is 0 Å². The van der Waals surface area contributed by atoms with Gasteiger partial charge in [-0.25, -0.2) is 0 Å². The van der Waals surface area contributed by atoms with Crippen molar-refractivity contribution < 1.29 is 9.21 Å². The predicted octanol–water partition coefficient (Wildman–Crippen LogP) is 3.00. The summed E-state index contributed by atoms with van der Waals surface area (Å²) in [6.45, 7) is 2.89. The molecular weight excluding hydrogens is 302 g/mol. The van der Waals surface area contributed by atoms with E-state index in [4.69, 9.17) is 4.42 Å². The Labute approximate surface area is 141 Å². The molecule has 0 radical (unpaired) electrons. The molecule has 5 nitrogen and oxygen atoms in total. The van der Waals surface area contributed by atoms with E-state index in [2.05, 4.69) is 22.9 Å². The molecule has 3 N–H and O–H groups in total. The van der Waals surface area contributed by atoms with Crippen molar-refractivity contribution in [2.45, 2.75) is 44.3 Å². The summed E-state index contributed by atoms with van der Waals surface area (Å²) in [7, 11) is 0. The first-order valence-corrected chi connectivity index (χ1v) is 8.74. The van der Waals surface area contributed by atoms with Crippen molar-refractivity contribution in [3.8, 4) is 11.3 Å². The van der Waals surface area contributed by atoms with Gasteiger partial charge < -0.3 is 20.4 Å². The van der Waals surface area contributed by atoms with Gasteiger partial charge in [0, 0.05) is 35.9 Å². The van der Waals surface area contributed by atoms with Gasteiger partial charge in [0.1, 0.15) is 5.76 Å². The SMILES string of the molecule is CCNc1ccccc1-c1ccc(C(=O)NC2CC3CCC2N3)o1. The summed E-state index contributed by atoms with van der Waals surface area (Å²) in [5.41, 5.74) is 1.98. The van der Waals surface area contributed by atoms with Crippen LogP contribution in [0.1, 0.15) is 36.7 Å². The molecule has 3 unspecified atom stereocenters. The van der Waals surface area contributed by atoms with Crippen LogP contribution < -0.4 is 16.0 Å². The summed E-state index contributed by atoms with van der Waals surface area (Å²) in [4.78, 5) is 12.5. The summed E-state index contributed by atoms with van der Waals surface area (Å²) in [6.07, 6.45) is 3.39. The maximum absolute atomic E-state index is 12.5. The highest BCUT2D eigenvalue weighted by molar-refractivity contribution is 5.92. The topological polar surface area (TPSA) is 66.3 Å².